The Kier molecular flexibility index (Phi) is 9.49. The van der Waals surface area contributed by atoms with Gasteiger partial charge in [0, 0.05) is 12.6 Å². The summed E-state index contributed by atoms with van der Waals surface area (Å²) < 4.78 is 11.2. The van der Waals surface area contributed by atoms with E-state index < -0.39 is 6.10 Å². The Balaban J connectivity index is 0.00000300. The largest absolute Gasteiger partial charge is 0.479 e. The Morgan fingerprint density at radius 1 is 1.14 bits per heavy atom. The van der Waals surface area contributed by atoms with Crippen LogP contribution in [0.3, 0.4) is 0 Å². The molecule has 0 radical (unpaired) electrons. The molecule has 1 N–H and O–H groups in total. The number of nitrogens with one attached hydrogen (secondary N) is 1. The van der Waals surface area contributed by atoms with Gasteiger partial charge in [-0.05, 0) is 61.4 Å². The van der Waals surface area contributed by atoms with E-state index >= 15 is 0 Å². The molecule has 0 amide bonds. The number of benzene rings is 2. The maximum absolute atomic E-state index is 12.1. The van der Waals surface area contributed by atoms with Gasteiger partial charge in [-0.25, -0.2) is 4.79 Å². The van der Waals surface area contributed by atoms with E-state index in [0.29, 0.717) is 19.1 Å². The van der Waals surface area contributed by atoms with Gasteiger partial charge in [-0.15, -0.1) is 12.4 Å². The molecule has 3 rings (SSSR count). The summed E-state index contributed by atoms with van der Waals surface area (Å²) in [5.41, 5.74) is 4.00. The third-order valence-electron chi connectivity index (χ3n) is 5.22. The van der Waals surface area contributed by atoms with Gasteiger partial charge in [0.05, 0.1) is 6.61 Å². The Morgan fingerprint density at radius 2 is 1.93 bits per heavy atom. The van der Waals surface area contributed by atoms with Gasteiger partial charge in [-0.3, -0.25) is 0 Å². The fraction of sp³-hybridized carbons (Fsp3) is 0.458. The monoisotopic (exact) mass is 417 g/mol. The molecule has 0 fully saturated rings. The Labute approximate surface area is 180 Å². The first-order valence-corrected chi connectivity index (χ1v) is 10.4. The molecule has 29 heavy (non-hydrogen) atoms. The lowest BCUT2D eigenvalue weighted by atomic mass is 9.88. The van der Waals surface area contributed by atoms with Gasteiger partial charge < -0.3 is 14.8 Å². The number of aryl methyl sites for hydroxylation is 1. The van der Waals surface area contributed by atoms with E-state index in [2.05, 4.69) is 41.7 Å². The van der Waals surface area contributed by atoms with Crippen LogP contribution in [0.1, 0.15) is 49.8 Å². The fourth-order valence-electron chi connectivity index (χ4n) is 3.73. The lowest BCUT2D eigenvalue weighted by Gasteiger charge is -2.26. The van der Waals surface area contributed by atoms with Gasteiger partial charge in [-0.2, -0.15) is 0 Å². The molecule has 0 aliphatic heterocycles. The van der Waals surface area contributed by atoms with Crippen molar-refractivity contribution in [3.8, 4) is 5.75 Å². The van der Waals surface area contributed by atoms with Crippen LogP contribution in [0.4, 0.5) is 0 Å². The average Bonchev–Trinajstić information content (AvgIpc) is 2.72. The molecular weight excluding hydrogens is 386 g/mol. The lowest BCUT2D eigenvalue weighted by molar-refractivity contribution is -0.151. The van der Waals surface area contributed by atoms with Crippen molar-refractivity contribution in [2.24, 2.45) is 0 Å². The second kappa shape index (κ2) is 11.8. The first-order valence-electron chi connectivity index (χ1n) is 10.4. The summed E-state index contributed by atoms with van der Waals surface area (Å²) in [6.07, 6.45) is 4.20. The molecule has 1 aliphatic rings. The molecular formula is C24H32ClNO3. The van der Waals surface area contributed by atoms with Crippen LogP contribution in [0.5, 0.6) is 5.75 Å². The van der Waals surface area contributed by atoms with Crippen LogP contribution < -0.4 is 10.1 Å². The quantitative estimate of drug-likeness (QED) is 0.591. The molecule has 0 heterocycles. The van der Waals surface area contributed by atoms with Crippen LogP contribution in [0, 0.1) is 0 Å². The van der Waals surface area contributed by atoms with Crippen molar-refractivity contribution in [3.63, 3.8) is 0 Å². The number of halogens is 1. The summed E-state index contributed by atoms with van der Waals surface area (Å²) in [6.45, 7) is 5.13. The number of rotatable bonds is 9. The van der Waals surface area contributed by atoms with Crippen molar-refractivity contribution in [3.05, 3.63) is 65.2 Å². The highest BCUT2D eigenvalue weighted by Gasteiger charge is 2.23. The first kappa shape index (κ1) is 23.2. The lowest BCUT2D eigenvalue weighted by Crippen LogP contribution is -2.34. The highest BCUT2D eigenvalue weighted by molar-refractivity contribution is 5.85. The summed E-state index contributed by atoms with van der Waals surface area (Å²) in [5, 5.41) is 3.68. The number of carbonyl (C=O) groups is 1. The molecule has 0 aromatic heterocycles. The Hall–Kier alpha value is -2.04. The summed E-state index contributed by atoms with van der Waals surface area (Å²) >= 11 is 0. The minimum atomic E-state index is -0.529. The summed E-state index contributed by atoms with van der Waals surface area (Å²) in [7, 11) is 0. The topological polar surface area (TPSA) is 47.6 Å². The Bertz CT molecular complexity index is 766. The average molecular weight is 418 g/mol. The first-order chi connectivity index (χ1) is 13.7. The van der Waals surface area contributed by atoms with Crippen LogP contribution in [-0.2, 0) is 28.9 Å². The van der Waals surface area contributed by atoms with Crippen LogP contribution >= 0.6 is 12.4 Å². The molecule has 1 aliphatic carbocycles. The van der Waals surface area contributed by atoms with Crippen LogP contribution in [0.25, 0.3) is 0 Å². The second-order valence-electron chi connectivity index (χ2n) is 7.38. The zero-order chi connectivity index (χ0) is 19.8. The molecule has 2 aromatic carbocycles. The third-order valence-corrected chi connectivity index (χ3v) is 5.22. The number of esters is 1. The molecule has 2 atom stereocenters. The fourth-order valence-corrected chi connectivity index (χ4v) is 3.73. The van der Waals surface area contributed by atoms with Crippen LogP contribution in [-0.4, -0.2) is 24.7 Å². The zero-order valence-electron chi connectivity index (χ0n) is 17.4. The van der Waals surface area contributed by atoms with Crippen molar-refractivity contribution >= 4 is 18.4 Å². The molecule has 2 aromatic rings. The van der Waals surface area contributed by atoms with Gasteiger partial charge in [0.2, 0.25) is 0 Å². The SMILES string of the molecule is CCCC(Oc1ccc2c(c1)CC(NCc1ccccc1)CC2)C(=O)OCC.Cl. The minimum Gasteiger partial charge on any atom is -0.479 e. The molecule has 158 valence electrons. The number of hydrogen-bond acceptors (Lipinski definition) is 4. The van der Waals surface area contributed by atoms with Crippen molar-refractivity contribution in [2.45, 2.75) is 64.6 Å². The molecule has 5 heteroatoms. The van der Waals surface area contributed by atoms with Crippen molar-refractivity contribution < 1.29 is 14.3 Å². The number of hydrogen-bond donors (Lipinski definition) is 1. The molecule has 0 saturated heterocycles. The van der Waals surface area contributed by atoms with E-state index in [1.807, 2.05) is 26.0 Å². The van der Waals surface area contributed by atoms with E-state index in [0.717, 1.165) is 38.0 Å². The van der Waals surface area contributed by atoms with Gasteiger partial charge in [0.15, 0.2) is 6.10 Å². The Morgan fingerprint density at radius 3 is 2.66 bits per heavy atom. The van der Waals surface area contributed by atoms with Gasteiger partial charge in [0.1, 0.15) is 5.75 Å². The van der Waals surface area contributed by atoms with Crippen molar-refractivity contribution in [1.29, 1.82) is 0 Å². The number of fused-ring (bicyclic) bond motifs is 1. The third kappa shape index (κ3) is 6.76. The standard InChI is InChI=1S/C24H31NO3.ClH/c1-3-8-23(24(26)27-4-2)28-22-14-12-19-11-13-21(15-20(19)16-22)25-17-18-9-6-5-7-10-18;/h5-7,9-10,12,14,16,21,23,25H,3-4,8,11,13,15,17H2,1-2H3;1H. The molecule has 0 bridgehead atoms. The van der Waals surface area contributed by atoms with Crippen molar-refractivity contribution in [1.82, 2.24) is 5.32 Å². The maximum Gasteiger partial charge on any atom is 0.347 e. The predicted molar refractivity (Wildman–Crippen MR) is 119 cm³/mol. The van der Waals surface area contributed by atoms with Crippen molar-refractivity contribution in [2.75, 3.05) is 6.61 Å². The number of ether oxygens (including phenoxy) is 2. The predicted octanol–water partition coefficient (Wildman–Crippen LogP) is 4.87. The summed E-state index contributed by atoms with van der Waals surface area (Å²) in [6, 6.07) is 17.2. The molecule has 0 saturated carbocycles. The van der Waals surface area contributed by atoms with Gasteiger partial charge >= 0.3 is 5.97 Å². The molecule has 2 unspecified atom stereocenters. The maximum atomic E-state index is 12.1. The van der Waals surface area contributed by atoms with E-state index in [9.17, 15) is 4.79 Å². The highest BCUT2D eigenvalue weighted by Crippen LogP contribution is 2.27. The second-order valence-corrected chi connectivity index (χ2v) is 7.38. The van der Waals surface area contributed by atoms with E-state index in [1.165, 1.54) is 16.7 Å². The summed E-state index contributed by atoms with van der Waals surface area (Å²) in [5.74, 6) is 0.485. The highest BCUT2D eigenvalue weighted by atomic mass is 35.5. The minimum absolute atomic E-state index is 0. The van der Waals surface area contributed by atoms with Gasteiger partial charge in [-0.1, -0.05) is 49.7 Å². The smallest absolute Gasteiger partial charge is 0.347 e. The summed E-state index contributed by atoms with van der Waals surface area (Å²) in [4.78, 5) is 12.1. The van der Waals surface area contributed by atoms with E-state index in [4.69, 9.17) is 9.47 Å². The molecule has 0 spiro atoms. The number of carbonyl (C=O) groups excluding carboxylic acids is 1. The molecule has 4 nitrogen and oxygen atoms in total. The van der Waals surface area contributed by atoms with E-state index in [1.54, 1.807) is 0 Å². The van der Waals surface area contributed by atoms with E-state index in [-0.39, 0.29) is 18.4 Å². The van der Waals surface area contributed by atoms with Crippen LogP contribution in [0.15, 0.2) is 48.5 Å². The van der Waals surface area contributed by atoms with Gasteiger partial charge in [0.25, 0.3) is 0 Å². The zero-order valence-corrected chi connectivity index (χ0v) is 18.2. The van der Waals surface area contributed by atoms with Crippen LogP contribution in [0.2, 0.25) is 0 Å². The normalized spacial score (nSPS) is 16.3.